The van der Waals surface area contributed by atoms with E-state index in [-0.39, 0.29) is 11.8 Å². The summed E-state index contributed by atoms with van der Waals surface area (Å²) in [4.78, 5) is 21.6. The second-order valence-corrected chi connectivity index (χ2v) is 7.47. The highest BCUT2D eigenvalue weighted by Crippen LogP contribution is 2.24. The van der Waals surface area contributed by atoms with Crippen molar-refractivity contribution in [2.75, 3.05) is 5.32 Å². The molecule has 0 atom stereocenters. The molecular weight excluding hydrogens is 360 g/mol. The Balaban J connectivity index is 1.45. The summed E-state index contributed by atoms with van der Waals surface area (Å²) in [5.41, 5.74) is 1.96. The molecule has 1 amide bonds. The third kappa shape index (κ3) is 5.92. The highest BCUT2D eigenvalue weighted by molar-refractivity contribution is 7.98. The molecule has 3 rings (SSSR count). The summed E-state index contributed by atoms with van der Waals surface area (Å²) in [5.74, 6) is 2.17. The van der Waals surface area contributed by atoms with Gasteiger partial charge in [-0.2, -0.15) is 4.98 Å². The van der Waals surface area contributed by atoms with Gasteiger partial charge in [-0.1, -0.05) is 25.1 Å². The standard InChI is InChI=1S/C20H22N4O2S/c1-14(2)20-23-19(26-24-20)10-9-18(25)22-16-5-7-17(8-6-16)27-13-15-4-3-11-21-12-15/h3-8,11-12,14H,9-10,13H2,1-2H3,(H,22,25). The van der Waals surface area contributed by atoms with Crippen LogP contribution >= 0.6 is 11.8 Å². The molecule has 27 heavy (non-hydrogen) atoms. The summed E-state index contributed by atoms with van der Waals surface area (Å²) in [7, 11) is 0. The molecule has 0 fully saturated rings. The molecule has 0 aliphatic heterocycles. The van der Waals surface area contributed by atoms with Gasteiger partial charge in [-0.15, -0.1) is 11.8 Å². The molecule has 0 spiro atoms. The average Bonchev–Trinajstić information content (AvgIpc) is 3.16. The number of hydrogen-bond acceptors (Lipinski definition) is 6. The molecule has 2 aromatic heterocycles. The topological polar surface area (TPSA) is 80.9 Å². The van der Waals surface area contributed by atoms with Crippen molar-refractivity contribution < 1.29 is 9.32 Å². The molecule has 3 aromatic rings. The first-order valence-corrected chi connectivity index (χ1v) is 9.83. The third-order valence-corrected chi connectivity index (χ3v) is 4.92. The molecule has 0 bridgehead atoms. The molecule has 2 heterocycles. The van der Waals surface area contributed by atoms with E-state index in [9.17, 15) is 4.79 Å². The van der Waals surface area contributed by atoms with Gasteiger partial charge in [0.2, 0.25) is 11.8 Å². The van der Waals surface area contributed by atoms with E-state index in [0.29, 0.717) is 24.6 Å². The first kappa shape index (κ1) is 19.1. The van der Waals surface area contributed by atoms with Gasteiger partial charge in [0, 0.05) is 47.5 Å². The Morgan fingerprint density at radius 3 is 2.70 bits per heavy atom. The van der Waals surface area contributed by atoms with Crippen LogP contribution in [-0.2, 0) is 17.0 Å². The molecule has 1 N–H and O–H groups in total. The largest absolute Gasteiger partial charge is 0.339 e. The molecule has 7 heteroatoms. The minimum absolute atomic E-state index is 0.0740. The van der Waals surface area contributed by atoms with Gasteiger partial charge in [-0.05, 0) is 35.9 Å². The van der Waals surface area contributed by atoms with Crippen LogP contribution in [0.4, 0.5) is 5.69 Å². The summed E-state index contributed by atoms with van der Waals surface area (Å²) in [6.07, 6.45) is 4.38. The van der Waals surface area contributed by atoms with Crippen LogP contribution in [-0.4, -0.2) is 21.0 Å². The number of aryl methyl sites for hydroxylation is 1. The Hall–Kier alpha value is -2.67. The zero-order valence-electron chi connectivity index (χ0n) is 15.4. The first-order valence-electron chi connectivity index (χ1n) is 8.84. The smallest absolute Gasteiger partial charge is 0.227 e. The number of benzene rings is 1. The van der Waals surface area contributed by atoms with Crippen LogP contribution in [0.2, 0.25) is 0 Å². The van der Waals surface area contributed by atoms with Crippen molar-refractivity contribution in [2.24, 2.45) is 0 Å². The minimum atomic E-state index is -0.0740. The Labute approximate surface area is 162 Å². The number of hydrogen-bond donors (Lipinski definition) is 1. The molecule has 6 nitrogen and oxygen atoms in total. The lowest BCUT2D eigenvalue weighted by molar-refractivity contribution is -0.116. The van der Waals surface area contributed by atoms with E-state index in [4.69, 9.17) is 4.52 Å². The molecule has 0 saturated heterocycles. The van der Waals surface area contributed by atoms with E-state index in [0.717, 1.165) is 16.3 Å². The Morgan fingerprint density at radius 1 is 1.22 bits per heavy atom. The lowest BCUT2D eigenvalue weighted by Gasteiger charge is -2.06. The number of nitrogens with zero attached hydrogens (tertiary/aromatic N) is 3. The van der Waals surface area contributed by atoms with Gasteiger partial charge in [-0.25, -0.2) is 0 Å². The van der Waals surface area contributed by atoms with Crippen molar-refractivity contribution in [2.45, 2.75) is 43.3 Å². The predicted octanol–water partition coefficient (Wildman–Crippen LogP) is 4.45. The number of anilines is 1. The third-order valence-electron chi connectivity index (χ3n) is 3.83. The summed E-state index contributed by atoms with van der Waals surface area (Å²) >= 11 is 1.73. The zero-order valence-corrected chi connectivity index (χ0v) is 16.2. The van der Waals surface area contributed by atoms with Crippen molar-refractivity contribution in [1.82, 2.24) is 15.1 Å². The number of amides is 1. The highest BCUT2D eigenvalue weighted by Gasteiger charge is 2.11. The van der Waals surface area contributed by atoms with Crippen LogP contribution in [0, 0.1) is 0 Å². The first-order chi connectivity index (χ1) is 13.1. The zero-order chi connectivity index (χ0) is 19.1. The quantitative estimate of drug-likeness (QED) is 0.580. The number of carbonyl (C=O) groups excluding carboxylic acids is 1. The summed E-state index contributed by atoms with van der Waals surface area (Å²) in [5, 5.41) is 6.80. The van der Waals surface area contributed by atoms with E-state index >= 15 is 0 Å². The predicted molar refractivity (Wildman–Crippen MR) is 106 cm³/mol. The van der Waals surface area contributed by atoms with Crippen LogP contribution in [0.15, 0.2) is 58.2 Å². The van der Waals surface area contributed by atoms with Crippen molar-refractivity contribution in [3.8, 4) is 0 Å². The van der Waals surface area contributed by atoms with Crippen LogP contribution in [0.25, 0.3) is 0 Å². The van der Waals surface area contributed by atoms with E-state index in [1.165, 1.54) is 5.56 Å². The van der Waals surface area contributed by atoms with Crippen molar-refractivity contribution in [3.63, 3.8) is 0 Å². The number of thioether (sulfide) groups is 1. The number of nitrogens with one attached hydrogen (secondary N) is 1. The van der Waals surface area contributed by atoms with Gasteiger partial charge in [0.15, 0.2) is 5.82 Å². The van der Waals surface area contributed by atoms with Crippen LogP contribution < -0.4 is 5.32 Å². The van der Waals surface area contributed by atoms with Gasteiger partial charge in [0.1, 0.15) is 0 Å². The van der Waals surface area contributed by atoms with Crippen LogP contribution in [0.3, 0.4) is 0 Å². The molecule has 140 valence electrons. The maximum absolute atomic E-state index is 12.1. The Morgan fingerprint density at radius 2 is 2.04 bits per heavy atom. The molecule has 0 aliphatic carbocycles. The molecular formula is C20H22N4O2S. The van der Waals surface area contributed by atoms with Crippen LogP contribution in [0.5, 0.6) is 0 Å². The number of carbonyl (C=O) groups is 1. The normalized spacial score (nSPS) is 10.9. The van der Waals surface area contributed by atoms with Gasteiger partial charge < -0.3 is 9.84 Å². The number of pyridine rings is 1. The fourth-order valence-corrected chi connectivity index (χ4v) is 3.17. The van der Waals surface area contributed by atoms with Crippen molar-refractivity contribution in [3.05, 3.63) is 66.1 Å². The summed E-state index contributed by atoms with van der Waals surface area (Å²) in [6, 6.07) is 11.8. The van der Waals surface area contributed by atoms with E-state index in [2.05, 4.69) is 26.5 Å². The fraction of sp³-hybridized carbons (Fsp3) is 0.300. The van der Waals surface area contributed by atoms with E-state index in [1.54, 1.807) is 18.0 Å². The van der Waals surface area contributed by atoms with Crippen molar-refractivity contribution in [1.29, 1.82) is 0 Å². The molecule has 1 aromatic carbocycles. The lowest BCUT2D eigenvalue weighted by atomic mass is 10.2. The highest BCUT2D eigenvalue weighted by atomic mass is 32.2. The monoisotopic (exact) mass is 382 g/mol. The maximum Gasteiger partial charge on any atom is 0.227 e. The molecule has 0 aliphatic rings. The Bertz CT molecular complexity index is 863. The minimum Gasteiger partial charge on any atom is -0.339 e. The second kappa shape index (κ2) is 9.32. The lowest BCUT2D eigenvalue weighted by Crippen LogP contribution is -2.12. The van der Waals surface area contributed by atoms with E-state index < -0.39 is 0 Å². The van der Waals surface area contributed by atoms with Crippen LogP contribution in [0.1, 0.15) is 43.5 Å². The second-order valence-electron chi connectivity index (χ2n) is 6.42. The Kier molecular flexibility index (Phi) is 6.59. The maximum atomic E-state index is 12.1. The molecule has 0 saturated carbocycles. The summed E-state index contributed by atoms with van der Waals surface area (Å²) in [6.45, 7) is 4.00. The number of aromatic nitrogens is 3. The van der Waals surface area contributed by atoms with Gasteiger partial charge in [-0.3, -0.25) is 9.78 Å². The van der Waals surface area contributed by atoms with E-state index in [1.807, 2.05) is 50.4 Å². The molecule has 0 unspecified atom stereocenters. The van der Waals surface area contributed by atoms with Crippen molar-refractivity contribution >= 4 is 23.4 Å². The van der Waals surface area contributed by atoms with Gasteiger partial charge in [0.05, 0.1) is 0 Å². The summed E-state index contributed by atoms with van der Waals surface area (Å²) < 4.78 is 5.16. The number of rotatable bonds is 8. The molecule has 0 radical (unpaired) electrons. The van der Waals surface area contributed by atoms with Gasteiger partial charge >= 0.3 is 0 Å². The SMILES string of the molecule is CC(C)c1noc(CCC(=O)Nc2ccc(SCc3cccnc3)cc2)n1. The average molecular weight is 382 g/mol. The van der Waals surface area contributed by atoms with Gasteiger partial charge in [0.25, 0.3) is 0 Å². The fourth-order valence-electron chi connectivity index (χ4n) is 2.33.